The molecule has 3 amide bonds. The summed E-state index contributed by atoms with van der Waals surface area (Å²) >= 11 is 0. The maximum absolute atomic E-state index is 13.4. The van der Waals surface area contributed by atoms with Gasteiger partial charge in [-0.25, -0.2) is 23.5 Å². The van der Waals surface area contributed by atoms with Gasteiger partial charge in [-0.15, -0.1) is 0 Å². The van der Waals surface area contributed by atoms with E-state index in [2.05, 4.69) is 9.97 Å². The van der Waals surface area contributed by atoms with Crippen molar-refractivity contribution in [1.82, 2.24) is 15.3 Å². The molecule has 4 N–H and O–H groups in total. The SMILES string of the molecule is Nc1ccc(C(F)(F)F)cn1.O=C(NC(=O)c1c(F)cccc1F)Nc1ccc(C(F)(F)F)cn1. The fourth-order valence-electron chi connectivity index (χ4n) is 2.24. The minimum atomic E-state index is -4.59. The van der Waals surface area contributed by atoms with Gasteiger partial charge in [0.1, 0.15) is 28.8 Å². The van der Waals surface area contributed by atoms with Crippen molar-refractivity contribution in [2.24, 2.45) is 0 Å². The van der Waals surface area contributed by atoms with Gasteiger partial charge in [0.25, 0.3) is 5.91 Å². The minimum absolute atomic E-state index is 0.0815. The third-order valence-corrected chi connectivity index (χ3v) is 3.86. The Morgan fingerprint density at radius 1 is 0.771 bits per heavy atom. The smallest absolute Gasteiger partial charge is 0.384 e. The predicted octanol–water partition coefficient (Wildman–Crippen LogP) is 5.02. The van der Waals surface area contributed by atoms with Crippen LogP contribution in [0, 0.1) is 11.6 Å². The zero-order valence-electron chi connectivity index (χ0n) is 17.0. The van der Waals surface area contributed by atoms with Crippen LogP contribution in [0.3, 0.4) is 0 Å². The van der Waals surface area contributed by atoms with Gasteiger partial charge in [-0.3, -0.25) is 15.4 Å². The Bertz CT molecular complexity index is 1160. The molecule has 15 heteroatoms. The molecule has 0 aliphatic rings. The highest BCUT2D eigenvalue weighted by Gasteiger charge is 2.31. The highest BCUT2D eigenvalue weighted by atomic mass is 19.4. The van der Waals surface area contributed by atoms with Crippen molar-refractivity contribution in [3.63, 3.8) is 0 Å². The Labute approximate surface area is 191 Å². The second kappa shape index (κ2) is 10.8. The third-order valence-electron chi connectivity index (χ3n) is 3.86. The van der Waals surface area contributed by atoms with Gasteiger partial charge in [-0.2, -0.15) is 26.3 Å². The lowest BCUT2D eigenvalue weighted by Crippen LogP contribution is -2.35. The topological polar surface area (TPSA) is 110 Å². The van der Waals surface area contributed by atoms with Gasteiger partial charge in [-0.1, -0.05) is 6.07 Å². The Morgan fingerprint density at radius 2 is 1.29 bits per heavy atom. The first-order chi connectivity index (χ1) is 16.2. The van der Waals surface area contributed by atoms with Crippen molar-refractivity contribution >= 4 is 23.6 Å². The van der Waals surface area contributed by atoms with Crippen molar-refractivity contribution in [1.29, 1.82) is 0 Å². The van der Waals surface area contributed by atoms with Crippen LogP contribution in [0.5, 0.6) is 0 Å². The number of rotatable bonds is 2. The van der Waals surface area contributed by atoms with Crippen LogP contribution >= 0.6 is 0 Å². The molecule has 0 aliphatic heterocycles. The molecule has 0 bridgehead atoms. The third kappa shape index (κ3) is 7.90. The molecule has 2 aromatic heterocycles. The van der Waals surface area contributed by atoms with E-state index in [-0.39, 0.29) is 11.6 Å². The fraction of sp³-hybridized carbons (Fsp3) is 0.100. The fourth-order valence-corrected chi connectivity index (χ4v) is 2.24. The lowest BCUT2D eigenvalue weighted by Gasteiger charge is -2.09. The minimum Gasteiger partial charge on any atom is -0.384 e. The van der Waals surface area contributed by atoms with Gasteiger partial charge in [0.15, 0.2) is 0 Å². The summed E-state index contributed by atoms with van der Waals surface area (Å²) < 4.78 is 99.4. The van der Waals surface area contributed by atoms with E-state index in [4.69, 9.17) is 5.73 Å². The molecular formula is C20H13F8N5O2. The Hall–Kier alpha value is -4.30. The molecule has 0 fully saturated rings. The van der Waals surface area contributed by atoms with Gasteiger partial charge in [0.2, 0.25) is 0 Å². The molecule has 0 atom stereocenters. The number of anilines is 2. The molecule has 35 heavy (non-hydrogen) atoms. The molecule has 7 nitrogen and oxygen atoms in total. The molecule has 0 saturated heterocycles. The number of nitrogens with zero attached hydrogens (tertiary/aromatic N) is 2. The number of amides is 3. The molecule has 0 unspecified atom stereocenters. The number of halogens is 8. The van der Waals surface area contributed by atoms with Crippen LogP contribution in [-0.4, -0.2) is 21.9 Å². The molecule has 3 aromatic rings. The number of nitrogens with two attached hydrogens (primary N) is 1. The van der Waals surface area contributed by atoms with Crippen LogP contribution in [-0.2, 0) is 12.4 Å². The number of aromatic nitrogens is 2. The van der Waals surface area contributed by atoms with Crippen LogP contribution in [0.15, 0.2) is 54.9 Å². The van der Waals surface area contributed by atoms with E-state index in [1.807, 2.05) is 5.32 Å². The summed E-state index contributed by atoms with van der Waals surface area (Å²) in [7, 11) is 0. The first-order valence-corrected chi connectivity index (χ1v) is 9.07. The van der Waals surface area contributed by atoms with Crippen molar-refractivity contribution < 1.29 is 44.7 Å². The predicted molar refractivity (Wildman–Crippen MR) is 106 cm³/mol. The molecule has 0 saturated carbocycles. The van der Waals surface area contributed by atoms with Gasteiger partial charge in [0.05, 0.1) is 11.1 Å². The molecule has 1 aromatic carbocycles. The van der Waals surface area contributed by atoms with Crippen LogP contribution in [0.2, 0.25) is 0 Å². The van der Waals surface area contributed by atoms with Gasteiger partial charge in [0, 0.05) is 12.4 Å². The van der Waals surface area contributed by atoms with E-state index >= 15 is 0 Å². The summed E-state index contributed by atoms with van der Waals surface area (Å²) in [5, 5.41) is 3.61. The summed E-state index contributed by atoms with van der Waals surface area (Å²) in [4.78, 5) is 29.9. The van der Waals surface area contributed by atoms with Crippen LogP contribution < -0.4 is 16.4 Å². The number of carbonyl (C=O) groups is 2. The number of nitrogens with one attached hydrogen (secondary N) is 2. The van der Waals surface area contributed by atoms with Crippen molar-refractivity contribution in [3.05, 3.63) is 83.2 Å². The summed E-state index contributed by atoms with van der Waals surface area (Å²) in [6.45, 7) is 0. The van der Waals surface area contributed by atoms with Crippen molar-refractivity contribution in [2.75, 3.05) is 11.1 Å². The normalized spacial score (nSPS) is 11.2. The van der Waals surface area contributed by atoms with E-state index in [1.165, 1.54) is 0 Å². The summed E-state index contributed by atoms with van der Waals surface area (Å²) in [5.74, 6) is -3.91. The number of benzene rings is 1. The first-order valence-electron chi connectivity index (χ1n) is 9.07. The molecule has 0 radical (unpaired) electrons. The van der Waals surface area contributed by atoms with Gasteiger partial charge < -0.3 is 5.73 Å². The number of hydrogen-bond acceptors (Lipinski definition) is 5. The first kappa shape index (κ1) is 26.9. The Balaban J connectivity index is 0.000000328. The van der Waals surface area contributed by atoms with Gasteiger partial charge in [-0.05, 0) is 36.4 Å². The van der Waals surface area contributed by atoms with Crippen LogP contribution in [0.25, 0.3) is 0 Å². The van der Waals surface area contributed by atoms with E-state index < -0.39 is 52.6 Å². The largest absolute Gasteiger partial charge is 0.417 e. The molecule has 0 spiro atoms. The zero-order valence-corrected chi connectivity index (χ0v) is 17.0. The van der Waals surface area contributed by atoms with E-state index in [9.17, 15) is 44.7 Å². The quantitative estimate of drug-likeness (QED) is 0.422. The molecule has 186 valence electrons. The molecule has 3 rings (SSSR count). The summed E-state index contributed by atoms with van der Waals surface area (Å²) in [6.07, 6.45) is -7.74. The highest BCUT2D eigenvalue weighted by molar-refractivity contribution is 6.07. The lowest BCUT2D eigenvalue weighted by atomic mass is 10.2. The molecule has 0 aliphatic carbocycles. The zero-order chi connectivity index (χ0) is 26.4. The second-order valence-corrected chi connectivity index (χ2v) is 6.40. The second-order valence-electron chi connectivity index (χ2n) is 6.40. The van der Waals surface area contributed by atoms with E-state index in [1.54, 1.807) is 5.32 Å². The lowest BCUT2D eigenvalue weighted by molar-refractivity contribution is -0.138. The molecular weight excluding hydrogens is 494 g/mol. The Morgan fingerprint density at radius 3 is 1.71 bits per heavy atom. The highest BCUT2D eigenvalue weighted by Crippen LogP contribution is 2.29. The van der Waals surface area contributed by atoms with Crippen LogP contribution in [0.1, 0.15) is 21.5 Å². The van der Waals surface area contributed by atoms with Gasteiger partial charge >= 0.3 is 18.4 Å². The number of imide groups is 1. The molecule has 2 heterocycles. The average Bonchev–Trinajstić information content (AvgIpc) is 2.73. The maximum Gasteiger partial charge on any atom is 0.417 e. The Kier molecular flexibility index (Phi) is 8.28. The number of alkyl halides is 6. The number of carbonyl (C=O) groups excluding carboxylic acids is 2. The maximum atomic E-state index is 13.4. The van der Waals surface area contributed by atoms with E-state index in [0.29, 0.717) is 18.5 Å². The summed E-state index contributed by atoms with van der Waals surface area (Å²) in [5.41, 5.74) is 2.31. The monoisotopic (exact) mass is 507 g/mol. The van der Waals surface area contributed by atoms with Crippen molar-refractivity contribution in [2.45, 2.75) is 12.4 Å². The van der Waals surface area contributed by atoms with Crippen LogP contribution in [0.4, 0.5) is 51.6 Å². The number of hydrogen-bond donors (Lipinski definition) is 3. The number of nitrogen functional groups attached to an aromatic ring is 1. The summed E-state index contributed by atoms with van der Waals surface area (Å²) in [6, 6.07) is 5.01. The van der Waals surface area contributed by atoms with Crippen molar-refractivity contribution in [3.8, 4) is 0 Å². The standard InChI is InChI=1S/C14H8F5N3O2.C6H5F3N2/c15-8-2-1-3-9(16)11(8)12(23)22-13(24)21-10-5-4-7(6-20-10)14(17,18)19;7-6(8,9)4-1-2-5(10)11-3-4/h1-6H,(H2,20,21,22,23,24);1-3H,(H2,10,11). The number of urea groups is 1. The number of pyridine rings is 2. The average molecular weight is 507 g/mol. The van der Waals surface area contributed by atoms with E-state index in [0.717, 1.165) is 36.4 Å².